The predicted molar refractivity (Wildman–Crippen MR) is 184 cm³/mol. The molecule has 276 valence electrons. The van der Waals surface area contributed by atoms with Crippen molar-refractivity contribution in [2.24, 2.45) is 5.41 Å². The van der Waals surface area contributed by atoms with E-state index >= 15 is 0 Å². The minimum Gasteiger partial charge on any atom is -0.501 e. The van der Waals surface area contributed by atoms with Gasteiger partial charge in [-0.1, -0.05) is 65.7 Å². The molecular weight excluding hydrogens is 719 g/mol. The van der Waals surface area contributed by atoms with Gasteiger partial charge in [-0.05, 0) is 69.4 Å². The Morgan fingerprint density at radius 1 is 0.808 bits per heavy atom. The third-order valence-corrected chi connectivity index (χ3v) is 11.5. The molecule has 1 aromatic heterocycles. The zero-order valence-corrected chi connectivity index (χ0v) is 29.8. The molecule has 0 bridgehead atoms. The summed E-state index contributed by atoms with van der Waals surface area (Å²) in [7, 11) is -8.66. The van der Waals surface area contributed by atoms with Gasteiger partial charge in [0.2, 0.25) is 5.75 Å². The monoisotopic (exact) mass is 755 g/mol. The molecule has 52 heavy (non-hydrogen) atoms. The van der Waals surface area contributed by atoms with Gasteiger partial charge in [-0.25, -0.2) is 14.6 Å². The molecule has 0 atom stereocenters. The van der Waals surface area contributed by atoms with E-state index in [2.05, 4.69) is 15.3 Å². The Balaban J connectivity index is 1.48. The first kappa shape index (κ1) is 38.1. The lowest BCUT2D eigenvalue weighted by Gasteiger charge is -2.45. The van der Waals surface area contributed by atoms with Gasteiger partial charge in [0.15, 0.2) is 5.69 Å². The lowest BCUT2D eigenvalue weighted by Crippen LogP contribution is -2.53. The number of rotatable bonds is 13. The SMILES string of the molecule is Cc1ccc(S(=O)(=O)OCC2(COS(=O)(=O)c3ccc(C)cc3)CCC(NC(=O)OCc3ccccc3)(c3nc(C(=O)O)c(O)c(=O)[nH]3)CC2)cc1. The van der Waals surface area contributed by atoms with E-state index in [1.165, 1.54) is 24.3 Å². The highest BCUT2D eigenvalue weighted by molar-refractivity contribution is 7.87. The van der Waals surface area contributed by atoms with Gasteiger partial charge in [-0.2, -0.15) is 16.8 Å². The molecule has 4 N–H and O–H groups in total. The summed E-state index contributed by atoms with van der Waals surface area (Å²) >= 11 is 0. The molecule has 1 aliphatic rings. The highest BCUT2D eigenvalue weighted by Crippen LogP contribution is 2.46. The highest BCUT2D eigenvalue weighted by atomic mass is 32.2. The predicted octanol–water partition coefficient (Wildman–Crippen LogP) is 4.28. The Kier molecular flexibility index (Phi) is 11.2. The zero-order valence-electron chi connectivity index (χ0n) is 28.2. The molecule has 1 fully saturated rings. The van der Waals surface area contributed by atoms with Crippen LogP contribution in [-0.4, -0.2) is 62.3 Å². The third-order valence-electron chi connectivity index (χ3n) is 8.93. The number of H-pyrrole nitrogens is 1. The normalized spacial score (nSPS) is 15.4. The van der Waals surface area contributed by atoms with Crippen molar-refractivity contribution in [3.8, 4) is 5.75 Å². The molecule has 0 saturated heterocycles. The van der Waals surface area contributed by atoms with Crippen LogP contribution in [-0.2, 0) is 45.5 Å². The van der Waals surface area contributed by atoms with E-state index in [1.807, 2.05) is 0 Å². The summed E-state index contributed by atoms with van der Waals surface area (Å²) in [6.45, 7) is 2.35. The Morgan fingerprint density at radius 2 is 1.31 bits per heavy atom. The van der Waals surface area contributed by atoms with Gasteiger partial charge in [0.1, 0.15) is 18.0 Å². The minimum absolute atomic E-state index is 0.0915. The van der Waals surface area contributed by atoms with Crippen LogP contribution in [0, 0.1) is 19.3 Å². The lowest BCUT2D eigenvalue weighted by atomic mass is 9.67. The standard InChI is InChI=1S/C35H37N3O12S2/c1-23-8-12-26(13-9-23)51(44,45)49-21-34(22-50-52(46,47)27-14-10-24(2)11-15-27)16-18-35(19-17-34,32-36-28(31(41)42)29(39)30(40)37-32)38-33(43)48-20-25-6-4-3-5-7-25/h3-15,39H,16-22H2,1-2H3,(H,38,43)(H,41,42)(H,36,37,40). The van der Waals surface area contributed by atoms with Crippen molar-refractivity contribution < 1.29 is 49.7 Å². The Hall–Kier alpha value is -5.10. The second kappa shape index (κ2) is 15.2. The van der Waals surface area contributed by atoms with Crippen molar-refractivity contribution in [2.75, 3.05) is 13.2 Å². The number of hydrogen-bond acceptors (Lipinski definition) is 12. The fraction of sp³-hybridized carbons (Fsp3) is 0.314. The number of carboxylic acids is 1. The van der Waals surface area contributed by atoms with E-state index < -0.39 is 73.5 Å². The number of aromatic carboxylic acids is 1. The van der Waals surface area contributed by atoms with Crippen molar-refractivity contribution in [3.05, 3.63) is 117 Å². The van der Waals surface area contributed by atoms with E-state index in [4.69, 9.17) is 13.1 Å². The molecular formula is C35H37N3O12S2. The molecule has 0 spiro atoms. The van der Waals surface area contributed by atoms with Gasteiger partial charge in [-0.15, -0.1) is 0 Å². The second-order valence-corrected chi connectivity index (χ2v) is 16.0. The maximum Gasteiger partial charge on any atom is 0.408 e. The van der Waals surface area contributed by atoms with Crippen LogP contribution in [0.3, 0.4) is 0 Å². The number of amides is 1. The number of alkyl carbamates (subject to hydrolysis) is 1. The number of aromatic hydroxyl groups is 1. The van der Waals surface area contributed by atoms with Crippen LogP contribution >= 0.6 is 0 Å². The maximum absolute atomic E-state index is 13.3. The van der Waals surface area contributed by atoms with Crippen LogP contribution in [0.1, 0.15) is 58.7 Å². The summed E-state index contributed by atoms with van der Waals surface area (Å²) in [5, 5.41) is 22.5. The van der Waals surface area contributed by atoms with Crippen molar-refractivity contribution in [2.45, 2.75) is 61.5 Å². The highest BCUT2D eigenvalue weighted by Gasteiger charge is 2.48. The molecule has 0 unspecified atom stereocenters. The average molecular weight is 756 g/mol. The van der Waals surface area contributed by atoms with Crippen molar-refractivity contribution in [3.63, 3.8) is 0 Å². The van der Waals surface area contributed by atoms with E-state index in [0.717, 1.165) is 11.1 Å². The van der Waals surface area contributed by atoms with Gasteiger partial charge in [0, 0.05) is 5.41 Å². The molecule has 3 aromatic carbocycles. The van der Waals surface area contributed by atoms with Gasteiger partial charge in [0.25, 0.3) is 25.8 Å². The number of ether oxygens (including phenoxy) is 1. The fourth-order valence-corrected chi connectivity index (χ4v) is 7.73. The van der Waals surface area contributed by atoms with Crippen molar-refractivity contribution >= 4 is 32.3 Å². The summed E-state index contributed by atoms with van der Waals surface area (Å²) in [6.07, 6.45) is -1.47. The quantitative estimate of drug-likeness (QED) is 0.140. The Labute approximate surface area is 299 Å². The number of nitrogens with zero attached hydrogens (tertiary/aromatic N) is 1. The molecule has 15 nitrogen and oxygen atoms in total. The lowest BCUT2D eigenvalue weighted by molar-refractivity contribution is 0.0145. The molecule has 5 rings (SSSR count). The summed E-state index contributed by atoms with van der Waals surface area (Å²) in [6, 6.07) is 20.6. The molecule has 1 aliphatic carbocycles. The van der Waals surface area contributed by atoms with Crippen LogP contribution in [0.5, 0.6) is 5.75 Å². The average Bonchev–Trinajstić information content (AvgIpc) is 3.12. The number of benzene rings is 3. The first-order valence-corrected chi connectivity index (χ1v) is 18.8. The van der Waals surface area contributed by atoms with E-state index in [0.29, 0.717) is 5.56 Å². The van der Waals surface area contributed by atoms with Gasteiger partial charge < -0.3 is 25.3 Å². The molecule has 0 radical (unpaired) electrons. The molecule has 1 heterocycles. The number of carboxylic acid groups (broad SMARTS) is 1. The van der Waals surface area contributed by atoms with Gasteiger partial charge >= 0.3 is 12.1 Å². The number of carbonyl (C=O) groups is 2. The van der Waals surface area contributed by atoms with Crippen molar-refractivity contribution in [1.29, 1.82) is 0 Å². The van der Waals surface area contributed by atoms with E-state index in [-0.39, 0.29) is 47.9 Å². The summed E-state index contributed by atoms with van der Waals surface area (Å²) < 4.78 is 69.5. The largest absolute Gasteiger partial charge is 0.501 e. The molecule has 17 heteroatoms. The minimum atomic E-state index is -4.33. The molecule has 1 saturated carbocycles. The zero-order chi connectivity index (χ0) is 37.7. The van der Waals surface area contributed by atoms with Crippen LogP contribution in [0.4, 0.5) is 4.79 Å². The maximum atomic E-state index is 13.3. The Morgan fingerprint density at radius 3 is 1.79 bits per heavy atom. The molecule has 0 aliphatic heterocycles. The smallest absolute Gasteiger partial charge is 0.408 e. The van der Waals surface area contributed by atoms with E-state index in [9.17, 15) is 41.4 Å². The van der Waals surface area contributed by atoms with Crippen molar-refractivity contribution in [1.82, 2.24) is 15.3 Å². The number of aromatic amines is 1. The number of carbonyl (C=O) groups excluding carboxylic acids is 1. The van der Waals surface area contributed by atoms with Crippen LogP contribution in [0.25, 0.3) is 0 Å². The number of aryl methyl sites for hydroxylation is 2. The first-order chi connectivity index (χ1) is 24.5. The molecule has 4 aromatic rings. The van der Waals surface area contributed by atoms with Crippen LogP contribution in [0.15, 0.2) is 93.4 Å². The second-order valence-electron chi connectivity index (χ2n) is 12.7. The molecule has 1 amide bonds. The fourth-order valence-electron chi connectivity index (χ4n) is 5.71. The van der Waals surface area contributed by atoms with E-state index in [1.54, 1.807) is 68.4 Å². The first-order valence-electron chi connectivity index (χ1n) is 16.0. The Bertz CT molecular complexity index is 2120. The summed E-state index contributed by atoms with van der Waals surface area (Å²) in [5.41, 5.74) is -2.81. The number of nitrogens with one attached hydrogen (secondary N) is 2. The van der Waals surface area contributed by atoms with Crippen LogP contribution < -0.4 is 10.9 Å². The van der Waals surface area contributed by atoms with Crippen LogP contribution in [0.2, 0.25) is 0 Å². The summed E-state index contributed by atoms with van der Waals surface area (Å²) in [4.78, 5) is 43.9. The van der Waals surface area contributed by atoms with Gasteiger partial charge in [-0.3, -0.25) is 13.2 Å². The topological polar surface area (TPSA) is 228 Å². The number of aromatic nitrogens is 2. The number of hydrogen-bond donors (Lipinski definition) is 4. The van der Waals surface area contributed by atoms with Gasteiger partial charge in [0.05, 0.1) is 23.0 Å². The summed E-state index contributed by atoms with van der Waals surface area (Å²) in [5.74, 6) is -3.17. The third kappa shape index (κ3) is 8.85.